The maximum absolute atomic E-state index is 6.92. The van der Waals surface area contributed by atoms with E-state index in [-0.39, 0.29) is 27.7 Å². The average Bonchev–Trinajstić information content (AvgIpc) is 4.24. The van der Waals surface area contributed by atoms with Gasteiger partial charge in [-0.1, -0.05) is 19.4 Å². The van der Waals surface area contributed by atoms with Gasteiger partial charge in [0, 0.05) is 78.2 Å². The summed E-state index contributed by atoms with van der Waals surface area (Å²) in [4.78, 5) is 2.95. The van der Waals surface area contributed by atoms with Crippen LogP contribution < -0.4 is 9.47 Å². The van der Waals surface area contributed by atoms with Gasteiger partial charge < -0.3 is 28.4 Å². The number of rotatable bonds is 15. The van der Waals surface area contributed by atoms with E-state index in [4.69, 9.17) is 28.4 Å². The summed E-state index contributed by atoms with van der Waals surface area (Å²) in [6.45, 7) is 13.0. The highest BCUT2D eigenvalue weighted by molar-refractivity contribution is 6.16. The van der Waals surface area contributed by atoms with E-state index >= 15 is 0 Å². The first-order valence-corrected chi connectivity index (χ1v) is 29.4. The molecule has 2 spiro atoms. The lowest BCUT2D eigenvalue weighted by Gasteiger charge is -2.60. The lowest BCUT2D eigenvalue weighted by molar-refractivity contribution is -0.138. The Kier molecular flexibility index (Phi) is 7.28. The molecule has 2 aromatic rings. The van der Waals surface area contributed by atoms with Crippen molar-refractivity contribution in [3.63, 3.8) is 0 Å². The van der Waals surface area contributed by atoms with Crippen molar-refractivity contribution in [3.05, 3.63) is 113 Å². The van der Waals surface area contributed by atoms with Crippen molar-refractivity contribution in [2.24, 2.45) is 57.7 Å². The van der Waals surface area contributed by atoms with E-state index in [1.807, 2.05) is 100 Å². The molecule has 3 heterocycles. The monoisotopic (exact) mass is 960 g/mol. The molecule has 7 nitrogen and oxygen atoms in total. The van der Waals surface area contributed by atoms with E-state index in [1.54, 1.807) is 0 Å². The van der Waals surface area contributed by atoms with Crippen molar-refractivity contribution >= 4 is 11.1 Å². The Bertz CT molecular complexity index is 3190. The van der Waals surface area contributed by atoms with Crippen LogP contribution in [0, 0.1) is 57.7 Å². The van der Waals surface area contributed by atoms with Crippen LogP contribution in [0.1, 0.15) is 154 Å². The summed E-state index contributed by atoms with van der Waals surface area (Å²) in [5.41, 5.74) is 35.9. The van der Waals surface area contributed by atoms with Gasteiger partial charge in [-0.3, -0.25) is 4.90 Å². The summed E-state index contributed by atoms with van der Waals surface area (Å²) in [5.74, 6) is 9.44. The minimum absolute atomic E-state index is 0.0313. The zero-order chi connectivity index (χ0) is 46.7. The fourth-order valence-corrected chi connectivity index (χ4v) is 23.4. The lowest BCUT2D eigenvalue weighted by atomic mass is 9.41. The predicted octanol–water partition coefficient (Wildman–Crippen LogP) is 11.6. The third-order valence-electron chi connectivity index (χ3n) is 24.8. The Morgan fingerprint density at radius 3 is 2.08 bits per heavy atom. The smallest absolute Gasteiger partial charge is 0.123 e. The number of nitrogens with zero attached hydrogens (tertiary/aromatic N) is 1. The van der Waals surface area contributed by atoms with E-state index in [2.05, 4.69) is 44.0 Å². The maximum atomic E-state index is 6.92. The van der Waals surface area contributed by atoms with Crippen molar-refractivity contribution in [1.82, 2.24) is 4.90 Å². The Labute approximate surface area is 424 Å². The van der Waals surface area contributed by atoms with Crippen LogP contribution >= 0.6 is 0 Å². The zero-order valence-corrected chi connectivity index (χ0v) is 42.7. The number of allylic oxidation sites excluding steroid dienone is 11. The molecule has 0 amide bonds. The maximum Gasteiger partial charge on any atom is 0.123 e. The van der Waals surface area contributed by atoms with Crippen LogP contribution in [0.5, 0.6) is 11.5 Å². The molecule has 0 bridgehead atoms. The van der Waals surface area contributed by atoms with Crippen molar-refractivity contribution < 1.29 is 28.4 Å². The van der Waals surface area contributed by atoms with Crippen LogP contribution in [0.4, 0.5) is 0 Å². The normalized spacial score (nSPS) is 41.5. The third-order valence-corrected chi connectivity index (χ3v) is 24.8. The summed E-state index contributed by atoms with van der Waals surface area (Å²) < 4.78 is 37.3. The van der Waals surface area contributed by atoms with Gasteiger partial charge in [-0.25, -0.2) is 0 Å². The molecule has 13 unspecified atom stereocenters. The van der Waals surface area contributed by atoms with Gasteiger partial charge in [0.15, 0.2) is 0 Å². The number of benzene rings is 2. The first kappa shape index (κ1) is 40.6. The van der Waals surface area contributed by atoms with Crippen LogP contribution in [0.25, 0.3) is 11.1 Å². The molecule has 20 rings (SSSR count). The second-order valence-corrected chi connectivity index (χ2v) is 28.0. The van der Waals surface area contributed by atoms with Gasteiger partial charge in [-0.15, -0.1) is 0 Å². The first-order valence-electron chi connectivity index (χ1n) is 29.4. The molecule has 3 aliphatic heterocycles. The van der Waals surface area contributed by atoms with Gasteiger partial charge in [0.05, 0.1) is 52.9 Å². The minimum atomic E-state index is -0.0313. The second-order valence-electron chi connectivity index (χ2n) is 28.0. The van der Waals surface area contributed by atoms with Crippen LogP contribution in [0.3, 0.4) is 0 Å². The fraction of sp³-hybridized carbons (Fsp3) is 0.631. The molecular weight excluding hydrogens is 891 g/mol. The predicted molar refractivity (Wildman–Crippen MR) is 273 cm³/mol. The standard InChI is InChI=1S/C65H69NO6/c1-62(26-69-27-62)24-67-16-4-18-71-31-20-30(21-32(22-31)72-19-5-17-68-25-63(2)28-70-29-63)61-65-42-15-14-41-39-12-10-37-35-8-6-33-34-7-9-36-38-11-13-40(42)50-48(38)53-46(36)44(34)51-43(33)45(35)52-47(37)49(39)59(64(41,65)23-66(61)3)57-55(52)54(51)56(53)58(57)60(50)65/h20-22,33-35,37,39,41,43-45,60-61H,4-19,23-29H2,1-3H3. The summed E-state index contributed by atoms with van der Waals surface area (Å²) in [6.07, 6.45) is 15.5. The third kappa shape index (κ3) is 4.14. The molecule has 15 aliphatic carbocycles. The van der Waals surface area contributed by atoms with Crippen molar-refractivity contribution in [2.75, 3.05) is 79.7 Å². The molecule has 13 atom stereocenters. The molecule has 370 valence electrons. The zero-order valence-electron chi connectivity index (χ0n) is 42.7. The van der Waals surface area contributed by atoms with Crippen LogP contribution in [0.2, 0.25) is 0 Å². The average molecular weight is 960 g/mol. The summed E-state index contributed by atoms with van der Waals surface area (Å²) >= 11 is 0. The Balaban J connectivity index is 0.785. The van der Waals surface area contributed by atoms with Crippen LogP contribution in [0.15, 0.2) is 73.9 Å². The molecule has 72 heavy (non-hydrogen) atoms. The highest BCUT2D eigenvalue weighted by atomic mass is 16.5. The molecular formula is C65H69NO6. The number of hydrogen-bond donors (Lipinski definition) is 0. The van der Waals surface area contributed by atoms with Crippen molar-refractivity contribution in [3.8, 4) is 11.5 Å². The first-order chi connectivity index (χ1) is 35.3. The minimum Gasteiger partial charge on any atom is -0.493 e. The highest BCUT2D eigenvalue weighted by Crippen LogP contribution is 2.91. The SMILES string of the molecule is CN1CC23c4c5c6c7c8c4C4CCC8C8CCC9C%10CCC%11=C%12CCC%13=C(CCC42)C3(C2C%13=C%12C3=C%11C%10C(=C6C3=C52)C9C78)C1c1cc(OCCCOCC2(C)COC2)cc(OCCCOCC2(C)COC2)c1. The van der Waals surface area contributed by atoms with Gasteiger partial charge in [-0.2, -0.15) is 0 Å². The molecule has 0 aromatic heterocycles. The lowest BCUT2D eigenvalue weighted by Crippen LogP contribution is -2.58. The highest BCUT2D eigenvalue weighted by Gasteiger charge is 2.83. The fourth-order valence-electron chi connectivity index (χ4n) is 23.4. The summed E-state index contributed by atoms with van der Waals surface area (Å²) in [7, 11) is 2.57. The molecule has 2 aromatic carbocycles. The number of fused-ring (bicyclic) bond motifs is 3. The van der Waals surface area contributed by atoms with Gasteiger partial charge in [0.25, 0.3) is 0 Å². The quantitative estimate of drug-likeness (QED) is 0.165. The van der Waals surface area contributed by atoms with Crippen molar-refractivity contribution in [1.29, 1.82) is 0 Å². The number of likely N-dealkylation sites (N-methyl/N-ethyl adjacent to an activating group) is 1. The van der Waals surface area contributed by atoms with Gasteiger partial charge in [-0.05, 0) is 231 Å². The topological polar surface area (TPSA) is 58.6 Å². The van der Waals surface area contributed by atoms with Crippen LogP contribution in [-0.2, 0) is 24.4 Å². The van der Waals surface area contributed by atoms with E-state index in [0.717, 1.165) is 99.5 Å². The summed E-state index contributed by atoms with van der Waals surface area (Å²) in [5, 5.41) is 0. The van der Waals surface area contributed by atoms with E-state index in [1.165, 1.54) is 76.3 Å². The summed E-state index contributed by atoms with van der Waals surface area (Å²) in [6, 6.07) is 7.43. The molecule has 4 saturated carbocycles. The van der Waals surface area contributed by atoms with E-state index in [0.29, 0.717) is 50.1 Å². The second kappa shape index (κ2) is 12.9. The molecule has 7 heteroatoms. The molecule has 3 saturated heterocycles. The Morgan fingerprint density at radius 1 is 0.611 bits per heavy atom. The molecule has 0 N–H and O–H groups in total. The largest absolute Gasteiger partial charge is 0.493 e. The van der Waals surface area contributed by atoms with Gasteiger partial charge in [0.1, 0.15) is 11.5 Å². The number of hydrogen-bond acceptors (Lipinski definition) is 7. The number of likely N-dealkylation sites (tertiary alicyclic amines) is 1. The number of ether oxygens (including phenoxy) is 6. The van der Waals surface area contributed by atoms with Crippen LogP contribution in [-0.4, -0.2) is 84.6 Å². The Morgan fingerprint density at radius 2 is 1.33 bits per heavy atom. The molecule has 18 aliphatic rings. The van der Waals surface area contributed by atoms with Crippen molar-refractivity contribution in [2.45, 2.75) is 120 Å². The van der Waals surface area contributed by atoms with E-state index < -0.39 is 0 Å². The molecule has 0 radical (unpaired) electrons. The van der Waals surface area contributed by atoms with Gasteiger partial charge >= 0.3 is 0 Å². The van der Waals surface area contributed by atoms with Gasteiger partial charge in [0.2, 0.25) is 0 Å². The Hall–Kier alpha value is -3.72. The molecule has 7 fully saturated rings. The van der Waals surface area contributed by atoms with E-state index in [9.17, 15) is 0 Å².